The molecule has 1 aromatic carbocycles. The van der Waals surface area contributed by atoms with E-state index in [1.807, 2.05) is 44.2 Å². The molecule has 0 spiro atoms. The van der Waals surface area contributed by atoms with Crippen LogP contribution in [0.3, 0.4) is 0 Å². The maximum Gasteiger partial charge on any atom is 0.274 e. The summed E-state index contributed by atoms with van der Waals surface area (Å²) in [6.45, 7) is 3.84. The molecule has 0 bridgehead atoms. The van der Waals surface area contributed by atoms with Crippen LogP contribution in [0.5, 0.6) is 0 Å². The van der Waals surface area contributed by atoms with Crippen LogP contribution >= 0.6 is 22.6 Å². The molecule has 1 aromatic heterocycles. The second-order valence-electron chi connectivity index (χ2n) is 4.08. The van der Waals surface area contributed by atoms with Crippen LogP contribution in [-0.4, -0.2) is 10.9 Å². The molecule has 0 saturated heterocycles. The Labute approximate surface area is 120 Å². The van der Waals surface area contributed by atoms with Gasteiger partial charge in [-0.15, -0.1) is 0 Å². The van der Waals surface area contributed by atoms with E-state index >= 15 is 0 Å². The highest BCUT2D eigenvalue weighted by Crippen LogP contribution is 2.18. The van der Waals surface area contributed by atoms with Crippen molar-refractivity contribution in [3.63, 3.8) is 0 Å². The number of amides is 1. The van der Waals surface area contributed by atoms with Crippen LogP contribution in [0, 0.1) is 17.4 Å². The molecule has 0 radical (unpaired) electrons. The first-order valence-electron chi connectivity index (χ1n) is 5.57. The molecular formula is C14H13IN2O. The van der Waals surface area contributed by atoms with Crippen molar-refractivity contribution in [1.29, 1.82) is 0 Å². The highest BCUT2D eigenvalue weighted by Gasteiger charge is 2.09. The van der Waals surface area contributed by atoms with Gasteiger partial charge in [0.1, 0.15) is 5.69 Å². The van der Waals surface area contributed by atoms with E-state index in [0.717, 1.165) is 20.5 Å². The molecule has 2 rings (SSSR count). The number of hydrogen-bond acceptors (Lipinski definition) is 2. The van der Waals surface area contributed by atoms with E-state index < -0.39 is 0 Å². The van der Waals surface area contributed by atoms with Gasteiger partial charge in [-0.05, 0) is 72.3 Å². The molecule has 0 unspecified atom stereocenters. The molecule has 18 heavy (non-hydrogen) atoms. The lowest BCUT2D eigenvalue weighted by atomic mass is 10.2. The van der Waals surface area contributed by atoms with E-state index in [1.165, 1.54) is 0 Å². The summed E-state index contributed by atoms with van der Waals surface area (Å²) in [6, 6.07) is 11.3. The van der Waals surface area contributed by atoms with Crippen molar-refractivity contribution >= 4 is 34.2 Å². The van der Waals surface area contributed by atoms with Crippen LogP contribution in [0.2, 0.25) is 0 Å². The summed E-state index contributed by atoms with van der Waals surface area (Å²) >= 11 is 2.25. The lowest BCUT2D eigenvalue weighted by molar-refractivity contribution is 0.102. The summed E-state index contributed by atoms with van der Waals surface area (Å²) in [5.74, 6) is -0.178. The first-order valence-corrected chi connectivity index (χ1v) is 6.65. The summed E-state index contributed by atoms with van der Waals surface area (Å²) in [5.41, 5.74) is 3.14. The molecule has 0 saturated carbocycles. The molecular weight excluding hydrogens is 339 g/mol. The van der Waals surface area contributed by atoms with Crippen LogP contribution in [0.25, 0.3) is 0 Å². The predicted octanol–water partition coefficient (Wildman–Crippen LogP) is 3.56. The summed E-state index contributed by atoms with van der Waals surface area (Å²) in [4.78, 5) is 16.2. The summed E-state index contributed by atoms with van der Waals surface area (Å²) in [6.07, 6.45) is 0. The fourth-order valence-corrected chi connectivity index (χ4v) is 2.27. The number of rotatable bonds is 2. The van der Waals surface area contributed by atoms with E-state index in [1.54, 1.807) is 6.07 Å². The van der Waals surface area contributed by atoms with E-state index in [0.29, 0.717) is 5.69 Å². The van der Waals surface area contributed by atoms with Crippen molar-refractivity contribution in [1.82, 2.24) is 4.98 Å². The molecule has 1 amide bonds. The maximum atomic E-state index is 12.0. The molecule has 0 aliphatic rings. The lowest BCUT2D eigenvalue weighted by Crippen LogP contribution is -2.14. The Kier molecular flexibility index (Phi) is 3.96. The second kappa shape index (κ2) is 5.48. The Morgan fingerprint density at radius 2 is 2.00 bits per heavy atom. The van der Waals surface area contributed by atoms with Crippen molar-refractivity contribution in [3.8, 4) is 0 Å². The van der Waals surface area contributed by atoms with Crippen LogP contribution in [-0.2, 0) is 0 Å². The van der Waals surface area contributed by atoms with E-state index in [9.17, 15) is 4.79 Å². The van der Waals surface area contributed by atoms with Gasteiger partial charge in [-0.3, -0.25) is 4.79 Å². The van der Waals surface area contributed by atoms with Gasteiger partial charge in [0.25, 0.3) is 5.91 Å². The summed E-state index contributed by atoms with van der Waals surface area (Å²) < 4.78 is 1.15. The minimum atomic E-state index is -0.178. The molecule has 92 valence electrons. The number of anilines is 1. The SMILES string of the molecule is Cc1cccc(C(=O)Nc2ccc(I)cc2C)n1. The van der Waals surface area contributed by atoms with Gasteiger partial charge < -0.3 is 5.32 Å². The number of aryl methyl sites for hydroxylation is 2. The Morgan fingerprint density at radius 3 is 2.67 bits per heavy atom. The third-order valence-corrected chi connectivity index (χ3v) is 3.23. The summed E-state index contributed by atoms with van der Waals surface area (Å²) in [7, 11) is 0. The lowest BCUT2D eigenvalue weighted by Gasteiger charge is -2.08. The number of nitrogens with zero attached hydrogens (tertiary/aromatic N) is 1. The number of nitrogens with one attached hydrogen (secondary N) is 1. The van der Waals surface area contributed by atoms with Crippen LogP contribution in [0.4, 0.5) is 5.69 Å². The van der Waals surface area contributed by atoms with E-state index in [4.69, 9.17) is 0 Å². The van der Waals surface area contributed by atoms with Crippen LogP contribution in [0.15, 0.2) is 36.4 Å². The number of carbonyl (C=O) groups excluding carboxylic acids is 1. The standard InChI is InChI=1S/C14H13IN2O/c1-9-8-11(15)6-7-12(9)17-14(18)13-5-3-4-10(2)16-13/h3-8H,1-2H3,(H,17,18). The van der Waals surface area contributed by atoms with Crippen molar-refractivity contribution in [3.05, 3.63) is 56.9 Å². The Bertz CT molecular complexity index is 596. The molecule has 3 nitrogen and oxygen atoms in total. The first-order chi connectivity index (χ1) is 8.56. The van der Waals surface area contributed by atoms with Gasteiger partial charge in [-0.25, -0.2) is 4.98 Å². The van der Waals surface area contributed by atoms with Crippen molar-refractivity contribution in [2.24, 2.45) is 0 Å². The highest BCUT2D eigenvalue weighted by atomic mass is 127. The third-order valence-electron chi connectivity index (χ3n) is 2.56. The minimum Gasteiger partial charge on any atom is -0.320 e. The Morgan fingerprint density at radius 1 is 1.22 bits per heavy atom. The molecule has 0 aliphatic heterocycles. The Hall–Kier alpha value is -1.43. The minimum absolute atomic E-state index is 0.178. The van der Waals surface area contributed by atoms with E-state index in [-0.39, 0.29) is 5.91 Å². The first kappa shape index (κ1) is 13.0. The average Bonchev–Trinajstić information content (AvgIpc) is 2.32. The number of hydrogen-bond donors (Lipinski definition) is 1. The number of carbonyl (C=O) groups is 1. The van der Waals surface area contributed by atoms with E-state index in [2.05, 4.69) is 32.9 Å². The molecule has 1 N–H and O–H groups in total. The molecule has 0 aliphatic carbocycles. The van der Waals surface area contributed by atoms with Gasteiger partial charge in [-0.2, -0.15) is 0 Å². The van der Waals surface area contributed by atoms with Crippen molar-refractivity contribution in [2.45, 2.75) is 13.8 Å². The molecule has 0 fully saturated rings. The number of aromatic nitrogens is 1. The fourth-order valence-electron chi connectivity index (χ4n) is 1.62. The van der Waals surface area contributed by atoms with Gasteiger partial charge in [0.2, 0.25) is 0 Å². The molecule has 2 aromatic rings. The maximum absolute atomic E-state index is 12.0. The highest BCUT2D eigenvalue weighted by molar-refractivity contribution is 14.1. The largest absolute Gasteiger partial charge is 0.320 e. The monoisotopic (exact) mass is 352 g/mol. The smallest absolute Gasteiger partial charge is 0.274 e. The zero-order valence-corrected chi connectivity index (χ0v) is 12.4. The third kappa shape index (κ3) is 3.07. The van der Waals surface area contributed by atoms with Gasteiger partial charge >= 0.3 is 0 Å². The fraction of sp³-hybridized carbons (Fsp3) is 0.143. The number of pyridine rings is 1. The van der Waals surface area contributed by atoms with Gasteiger partial charge in [0.05, 0.1) is 0 Å². The van der Waals surface area contributed by atoms with Crippen molar-refractivity contribution < 1.29 is 4.79 Å². The predicted molar refractivity (Wildman–Crippen MR) is 80.8 cm³/mol. The molecule has 1 heterocycles. The zero-order valence-electron chi connectivity index (χ0n) is 10.2. The second-order valence-corrected chi connectivity index (χ2v) is 5.32. The number of benzene rings is 1. The number of halogens is 1. The molecule has 4 heteroatoms. The topological polar surface area (TPSA) is 42.0 Å². The van der Waals surface area contributed by atoms with Crippen molar-refractivity contribution in [2.75, 3.05) is 5.32 Å². The summed E-state index contributed by atoms with van der Waals surface area (Å²) in [5, 5.41) is 2.88. The average molecular weight is 352 g/mol. The quantitative estimate of drug-likeness (QED) is 0.840. The zero-order chi connectivity index (χ0) is 13.1. The van der Waals surface area contributed by atoms with Gasteiger partial charge in [0.15, 0.2) is 0 Å². The Balaban J connectivity index is 2.21. The van der Waals surface area contributed by atoms with Gasteiger partial charge in [-0.1, -0.05) is 6.07 Å². The van der Waals surface area contributed by atoms with Gasteiger partial charge in [0, 0.05) is 15.0 Å². The van der Waals surface area contributed by atoms with Crippen LogP contribution < -0.4 is 5.32 Å². The van der Waals surface area contributed by atoms with Crippen LogP contribution in [0.1, 0.15) is 21.7 Å². The molecule has 0 atom stereocenters. The normalized spacial score (nSPS) is 10.2.